The van der Waals surface area contributed by atoms with Crippen molar-refractivity contribution >= 4 is 11.8 Å². The highest BCUT2D eigenvalue weighted by molar-refractivity contribution is 5.94. The van der Waals surface area contributed by atoms with Gasteiger partial charge in [0.2, 0.25) is 5.91 Å². The van der Waals surface area contributed by atoms with Crippen LogP contribution in [0.4, 0.5) is 0 Å². The van der Waals surface area contributed by atoms with Crippen LogP contribution < -0.4 is 15.5 Å². The SMILES string of the molecule is COc1ccc([C@@H]2C[C@H](C(=O)NO)NC2=O)cc1. The average Bonchev–Trinajstić information content (AvgIpc) is 2.80. The van der Waals surface area contributed by atoms with E-state index in [9.17, 15) is 9.59 Å². The largest absolute Gasteiger partial charge is 0.497 e. The van der Waals surface area contributed by atoms with E-state index in [-0.39, 0.29) is 11.8 Å². The van der Waals surface area contributed by atoms with Crippen LogP contribution in [-0.2, 0) is 9.59 Å². The summed E-state index contributed by atoms with van der Waals surface area (Å²) in [6.45, 7) is 0. The van der Waals surface area contributed by atoms with Gasteiger partial charge in [-0.3, -0.25) is 14.8 Å². The molecule has 0 radical (unpaired) electrons. The molecule has 0 unspecified atom stereocenters. The maximum Gasteiger partial charge on any atom is 0.265 e. The van der Waals surface area contributed by atoms with Crippen molar-refractivity contribution in [3.63, 3.8) is 0 Å². The first-order chi connectivity index (χ1) is 8.65. The second-order valence-corrected chi connectivity index (χ2v) is 4.10. The molecule has 1 fully saturated rings. The van der Waals surface area contributed by atoms with Gasteiger partial charge in [-0.2, -0.15) is 0 Å². The minimum atomic E-state index is -0.686. The van der Waals surface area contributed by atoms with E-state index in [0.29, 0.717) is 12.2 Å². The standard InChI is InChI=1S/C12H14N2O4/c1-18-8-4-2-7(3-5-8)9-6-10(12(16)14-17)13-11(9)15/h2-5,9-10,17H,6H2,1H3,(H,13,15)(H,14,16)/t9-,10+/m0/s1. The summed E-state index contributed by atoms with van der Waals surface area (Å²) in [5.74, 6) is -0.479. The number of rotatable bonds is 3. The molecule has 1 aromatic rings. The molecule has 0 aliphatic carbocycles. The van der Waals surface area contributed by atoms with Crippen LogP contribution in [0.1, 0.15) is 17.9 Å². The van der Waals surface area contributed by atoms with Crippen LogP contribution >= 0.6 is 0 Å². The summed E-state index contributed by atoms with van der Waals surface area (Å²) >= 11 is 0. The number of hydrogen-bond donors (Lipinski definition) is 3. The van der Waals surface area contributed by atoms with Crippen LogP contribution in [0.15, 0.2) is 24.3 Å². The Balaban J connectivity index is 2.13. The third-order valence-corrected chi connectivity index (χ3v) is 3.05. The second-order valence-electron chi connectivity index (χ2n) is 4.10. The van der Waals surface area contributed by atoms with Crippen molar-refractivity contribution < 1.29 is 19.5 Å². The van der Waals surface area contributed by atoms with Crippen LogP contribution in [-0.4, -0.2) is 30.2 Å². The number of benzene rings is 1. The van der Waals surface area contributed by atoms with Gasteiger partial charge >= 0.3 is 0 Å². The molecular weight excluding hydrogens is 236 g/mol. The fraction of sp³-hybridized carbons (Fsp3) is 0.333. The van der Waals surface area contributed by atoms with Crippen molar-refractivity contribution in [2.75, 3.05) is 7.11 Å². The molecular formula is C12H14N2O4. The average molecular weight is 250 g/mol. The summed E-state index contributed by atoms with van der Waals surface area (Å²) in [5.41, 5.74) is 2.36. The first kappa shape index (κ1) is 12.4. The Morgan fingerprint density at radius 1 is 1.44 bits per heavy atom. The lowest BCUT2D eigenvalue weighted by atomic mass is 9.95. The van der Waals surface area contributed by atoms with Gasteiger partial charge < -0.3 is 10.1 Å². The Morgan fingerprint density at radius 2 is 2.11 bits per heavy atom. The summed E-state index contributed by atoms with van der Waals surface area (Å²) in [6, 6.07) is 6.43. The van der Waals surface area contributed by atoms with E-state index in [0.717, 1.165) is 5.56 Å². The van der Waals surface area contributed by atoms with Crippen LogP contribution in [0, 0.1) is 0 Å². The molecule has 0 bridgehead atoms. The minimum Gasteiger partial charge on any atom is -0.497 e. The van der Waals surface area contributed by atoms with Gasteiger partial charge in [0.15, 0.2) is 0 Å². The minimum absolute atomic E-state index is 0.214. The lowest BCUT2D eigenvalue weighted by Gasteiger charge is -2.08. The Morgan fingerprint density at radius 3 is 2.67 bits per heavy atom. The zero-order valence-corrected chi connectivity index (χ0v) is 9.84. The quantitative estimate of drug-likeness (QED) is 0.527. The molecule has 2 rings (SSSR count). The number of carbonyl (C=O) groups is 2. The van der Waals surface area contributed by atoms with Gasteiger partial charge in [0.1, 0.15) is 11.8 Å². The van der Waals surface area contributed by atoms with Gasteiger partial charge in [-0.05, 0) is 24.1 Å². The van der Waals surface area contributed by atoms with Crippen molar-refractivity contribution in [3.05, 3.63) is 29.8 Å². The van der Waals surface area contributed by atoms with Gasteiger partial charge in [-0.25, -0.2) is 5.48 Å². The number of ether oxygens (including phenoxy) is 1. The van der Waals surface area contributed by atoms with Crippen molar-refractivity contribution in [1.82, 2.24) is 10.8 Å². The molecule has 3 N–H and O–H groups in total. The maximum atomic E-state index is 11.8. The Hall–Kier alpha value is -2.08. The molecule has 6 nitrogen and oxygen atoms in total. The topological polar surface area (TPSA) is 87.7 Å². The van der Waals surface area contributed by atoms with Gasteiger partial charge in [0.05, 0.1) is 13.0 Å². The zero-order chi connectivity index (χ0) is 13.1. The van der Waals surface area contributed by atoms with Crippen LogP contribution in [0.5, 0.6) is 5.75 Å². The fourth-order valence-corrected chi connectivity index (χ4v) is 2.05. The molecule has 0 saturated carbocycles. The summed E-state index contributed by atoms with van der Waals surface area (Å²) in [6.07, 6.45) is 0.331. The molecule has 96 valence electrons. The molecule has 2 atom stereocenters. The van der Waals surface area contributed by atoms with E-state index in [1.165, 1.54) is 0 Å². The maximum absolute atomic E-state index is 11.8. The molecule has 2 amide bonds. The van der Waals surface area contributed by atoms with Crippen molar-refractivity contribution in [3.8, 4) is 5.75 Å². The monoisotopic (exact) mass is 250 g/mol. The second kappa shape index (κ2) is 5.05. The van der Waals surface area contributed by atoms with Crippen LogP contribution in [0.3, 0.4) is 0 Å². The normalized spacial score (nSPS) is 22.4. The molecule has 0 spiro atoms. The molecule has 1 heterocycles. The van der Waals surface area contributed by atoms with Crippen LogP contribution in [0.25, 0.3) is 0 Å². The summed E-state index contributed by atoms with van der Waals surface area (Å²) in [5, 5.41) is 11.1. The molecule has 1 aliphatic rings. The lowest BCUT2D eigenvalue weighted by molar-refractivity contribution is -0.132. The number of hydroxylamine groups is 1. The van der Waals surface area contributed by atoms with E-state index < -0.39 is 11.9 Å². The number of amides is 2. The van der Waals surface area contributed by atoms with E-state index >= 15 is 0 Å². The van der Waals surface area contributed by atoms with E-state index in [4.69, 9.17) is 9.94 Å². The van der Waals surface area contributed by atoms with Crippen LogP contribution in [0.2, 0.25) is 0 Å². The fourth-order valence-electron chi connectivity index (χ4n) is 2.05. The Bertz CT molecular complexity index is 458. The van der Waals surface area contributed by atoms with Crippen molar-refractivity contribution in [1.29, 1.82) is 0 Å². The first-order valence-electron chi connectivity index (χ1n) is 5.54. The highest BCUT2D eigenvalue weighted by Crippen LogP contribution is 2.28. The molecule has 1 aromatic carbocycles. The summed E-state index contributed by atoms with van der Waals surface area (Å²) in [4.78, 5) is 23.0. The highest BCUT2D eigenvalue weighted by Gasteiger charge is 2.36. The van der Waals surface area contributed by atoms with Gasteiger partial charge in [0, 0.05) is 0 Å². The third-order valence-electron chi connectivity index (χ3n) is 3.05. The summed E-state index contributed by atoms with van der Waals surface area (Å²) < 4.78 is 5.04. The molecule has 0 aromatic heterocycles. The Labute approximate surface area is 104 Å². The number of methoxy groups -OCH3 is 1. The third kappa shape index (κ3) is 2.28. The predicted molar refractivity (Wildman–Crippen MR) is 62.2 cm³/mol. The number of carbonyl (C=O) groups excluding carboxylic acids is 2. The molecule has 1 saturated heterocycles. The molecule has 6 heteroatoms. The lowest BCUT2D eigenvalue weighted by Crippen LogP contribution is -2.40. The zero-order valence-electron chi connectivity index (χ0n) is 9.84. The number of nitrogens with one attached hydrogen (secondary N) is 2. The molecule has 1 aliphatic heterocycles. The Kier molecular flexibility index (Phi) is 3.47. The number of hydrogen-bond acceptors (Lipinski definition) is 4. The predicted octanol–water partition coefficient (Wildman–Crippen LogP) is 0.173. The van der Waals surface area contributed by atoms with Gasteiger partial charge in [-0.1, -0.05) is 12.1 Å². The van der Waals surface area contributed by atoms with Crippen molar-refractivity contribution in [2.24, 2.45) is 0 Å². The van der Waals surface area contributed by atoms with E-state index in [2.05, 4.69) is 5.32 Å². The molecule has 18 heavy (non-hydrogen) atoms. The highest BCUT2D eigenvalue weighted by atomic mass is 16.5. The van der Waals surface area contributed by atoms with Crippen molar-refractivity contribution in [2.45, 2.75) is 18.4 Å². The van der Waals surface area contributed by atoms with E-state index in [1.54, 1.807) is 36.9 Å². The smallest absolute Gasteiger partial charge is 0.265 e. The summed E-state index contributed by atoms with van der Waals surface area (Å²) in [7, 11) is 1.57. The van der Waals surface area contributed by atoms with E-state index in [1.807, 2.05) is 0 Å². The van der Waals surface area contributed by atoms with Gasteiger partial charge in [-0.15, -0.1) is 0 Å². The van der Waals surface area contributed by atoms with Gasteiger partial charge in [0.25, 0.3) is 5.91 Å². The first-order valence-corrected chi connectivity index (χ1v) is 5.54.